The summed E-state index contributed by atoms with van der Waals surface area (Å²) in [6, 6.07) is 11.0. The molecule has 0 aliphatic carbocycles. The predicted molar refractivity (Wildman–Crippen MR) is 106 cm³/mol. The van der Waals surface area contributed by atoms with Crippen molar-refractivity contribution in [3.05, 3.63) is 51.6 Å². The average molecular weight is 474 g/mol. The summed E-state index contributed by atoms with van der Waals surface area (Å²) < 4.78 is 32.7. The molecule has 0 aromatic heterocycles. The Balaban J connectivity index is 2.13. The summed E-state index contributed by atoms with van der Waals surface area (Å²) in [5.41, 5.74) is 1.00. The number of anilines is 1. The molecular formula is C17H19IN2O4S. The summed E-state index contributed by atoms with van der Waals surface area (Å²) in [4.78, 5) is 12.5. The van der Waals surface area contributed by atoms with Crippen LogP contribution in [0.4, 0.5) is 5.69 Å². The highest BCUT2D eigenvalue weighted by molar-refractivity contribution is 14.1. The number of halogens is 1. The molecule has 2 aromatic rings. The van der Waals surface area contributed by atoms with Gasteiger partial charge in [-0.2, -0.15) is 0 Å². The van der Waals surface area contributed by atoms with Crippen LogP contribution in [-0.4, -0.2) is 27.5 Å². The van der Waals surface area contributed by atoms with Crippen LogP contribution in [-0.2, 0) is 10.0 Å². The van der Waals surface area contributed by atoms with Crippen LogP contribution in [0.2, 0.25) is 0 Å². The average Bonchev–Trinajstić information content (AvgIpc) is 2.54. The maximum absolute atomic E-state index is 12.3. The van der Waals surface area contributed by atoms with E-state index in [9.17, 15) is 13.2 Å². The molecule has 0 atom stereocenters. The van der Waals surface area contributed by atoms with Gasteiger partial charge in [0, 0.05) is 17.3 Å². The molecule has 2 N–H and O–H groups in total. The normalized spacial score (nSPS) is 11.4. The van der Waals surface area contributed by atoms with E-state index in [2.05, 4.69) is 32.6 Å². The number of methoxy groups -OCH3 is 1. The van der Waals surface area contributed by atoms with Gasteiger partial charge in [0.05, 0.1) is 15.6 Å². The molecule has 0 spiro atoms. The van der Waals surface area contributed by atoms with Crippen molar-refractivity contribution in [3.63, 3.8) is 0 Å². The van der Waals surface area contributed by atoms with Gasteiger partial charge in [0.2, 0.25) is 10.0 Å². The van der Waals surface area contributed by atoms with Gasteiger partial charge in [-0.1, -0.05) is 0 Å². The molecule has 25 heavy (non-hydrogen) atoms. The van der Waals surface area contributed by atoms with Crippen molar-refractivity contribution >= 4 is 44.2 Å². The van der Waals surface area contributed by atoms with Crippen molar-refractivity contribution in [3.8, 4) is 5.75 Å². The van der Waals surface area contributed by atoms with E-state index in [4.69, 9.17) is 4.74 Å². The Labute approximate surface area is 161 Å². The second kappa shape index (κ2) is 8.15. The Hall–Kier alpha value is -1.65. The molecule has 8 heteroatoms. The molecule has 0 unspecified atom stereocenters. The minimum absolute atomic E-state index is 0.151. The zero-order chi connectivity index (χ0) is 18.6. The summed E-state index contributed by atoms with van der Waals surface area (Å²) in [6.07, 6.45) is 0. The monoisotopic (exact) mass is 474 g/mol. The number of hydrogen-bond donors (Lipinski definition) is 2. The highest BCUT2D eigenvalue weighted by atomic mass is 127. The summed E-state index contributed by atoms with van der Waals surface area (Å²) >= 11 is 2.09. The first-order valence-corrected chi connectivity index (χ1v) is 10.1. The fourth-order valence-electron chi connectivity index (χ4n) is 2.11. The lowest BCUT2D eigenvalue weighted by atomic mass is 10.2. The van der Waals surface area contributed by atoms with Crippen LogP contribution in [0.1, 0.15) is 24.2 Å². The van der Waals surface area contributed by atoms with E-state index in [-0.39, 0.29) is 16.8 Å². The predicted octanol–water partition coefficient (Wildman–Crippen LogP) is 3.24. The van der Waals surface area contributed by atoms with Gasteiger partial charge in [-0.3, -0.25) is 4.79 Å². The largest absolute Gasteiger partial charge is 0.496 e. The Bertz CT molecular complexity index is 865. The molecule has 0 saturated carbocycles. The van der Waals surface area contributed by atoms with Crippen LogP contribution in [0, 0.1) is 3.57 Å². The molecule has 134 valence electrons. The third-order valence-electron chi connectivity index (χ3n) is 3.23. The van der Waals surface area contributed by atoms with Crippen molar-refractivity contribution in [2.45, 2.75) is 24.8 Å². The molecule has 6 nitrogen and oxygen atoms in total. The van der Waals surface area contributed by atoms with Crippen molar-refractivity contribution in [1.29, 1.82) is 0 Å². The van der Waals surface area contributed by atoms with Gasteiger partial charge in [0.1, 0.15) is 5.75 Å². The molecule has 0 fully saturated rings. The van der Waals surface area contributed by atoms with Gasteiger partial charge in [-0.25, -0.2) is 13.1 Å². The first kappa shape index (κ1) is 19.7. The molecular weight excluding hydrogens is 455 g/mol. The fourth-order valence-corrected chi connectivity index (χ4v) is 4.09. The Morgan fingerprint density at radius 2 is 1.76 bits per heavy atom. The van der Waals surface area contributed by atoms with Crippen LogP contribution in [0.5, 0.6) is 5.75 Å². The molecule has 1 amide bonds. The zero-order valence-corrected chi connectivity index (χ0v) is 17.0. The minimum atomic E-state index is -3.55. The van der Waals surface area contributed by atoms with Gasteiger partial charge in [-0.05, 0) is 78.9 Å². The van der Waals surface area contributed by atoms with Crippen molar-refractivity contribution in [2.24, 2.45) is 0 Å². The summed E-state index contributed by atoms with van der Waals surface area (Å²) in [5, 5.41) is 2.74. The quantitative estimate of drug-likeness (QED) is 0.630. The summed E-state index contributed by atoms with van der Waals surface area (Å²) in [7, 11) is -1.98. The van der Waals surface area contributed by atoms with E-state index in [1.807, 2.05) is 0 Å². The van der Waals surface area contributed by atoms with Gasteiger partial charge < -0.3 is 10.1 Å². The zero-order valence-electron chi connectivity index (χ0n) is 14.0. The number of amides is 1. The van der Waals surface area contributed by atoms with Crippen molar-refractivity contribution < 1.29 is 17.9 Å². The van der Waals surface area contributed by atoms with E-state index >= 15 is 0 Å². The number of carbonyl (C=O) groups excluding carboxylic acids is 1. The van der Waals surface area contributed by atoms with E-state index < -0.39 is 10.0 Å². The second-order valence-electron chi connectivity index (χ2n) is 5.60. The molecule has 2 aromatic carbocycles. The maximum Gasteiger partial charge on any atom is 0.255 e. The third kappa shape index (κ3) is 5.16. The van der Waals surface area contributed by atoms with E-state index in [0.717, 1.165) is 3.57 Å². The van der Waals surface area contributed by atoms with Crippen molar-refractivity contribution in [1.82, 2.24) is 4.72 Å². The smallest absolute Gasteiger partial charge is 0.255 e. The second-order valence-corrected chi connectivity index (χ2v) is 8.48. The van der Waals surface area contributed by atoms with E-state index in [1.54, 1.807) is 51.3 Å². The van der Waals surface area contributed by atoms with E-state index in [0.29, 0.717) is 17.0 Å². The summed E-state index contributed by atoms with van der Waals surface area (Å²) in [5.74, 6) is 0.417. The van der Waals surface area contributed by atoms with Crippen LogP contribution in [0.3, 0.4) is 0 Å². The number of nitrogens with one attached hydrogen (secondary N) is 2. The van der Waals surface area contributed by atoms with Crippen LogP contribution >= 0.6 is 22.6 Å². The Morgan fingerprint density at radius 1 is 1.12 bits per heavy atom. The van der Waals surface area contributed by atoms with Crippen LogP contribution in [0.15, 0.2) is 47.4 Å². The number of rotatable bonds is 6. The Morgan fingerprint density at radius 3 is 2.28 bits per heavy atom. The van der Waals surface area contributed by atoms with Gasteiger partial charge in [0.25, 0.3) is 5.91 Å². The topological polar surface area (TPSA) is 84.5 Å². The van der Waals surface area contributed by atoms with Crippen LogP contribution in [0.25, 0.3) is 0 Å². The fraction of sp³-hybridized carbons (Fsp3) is 0.235. The molecule has 0 bridgehead atoms. The first-order valence-electron chi connectivity index (χ1n) is 7.50. The SMILES string of the molecule is COc1ccc(C(=O)Nc2ccc(S(=O)(=O)NC(C)C)cc2)cc1I. The highest BCUT2D eigenvalue weighted by Gasteiger charge is 2.15. The van der Waals surface area contributed by atoms with Crippen LogP contribution < -0.4 is 14.8 Å². The number of hydrogen-bond acceptors (Lipinski definition) is 4. The first-order chi connectivity index (χ1) is 11.7. The lowest BCUT2D eigenvalue weighted by Gasteiger charge is -2.11. The maximum atomic E-state index is 12.3. The minimum Gasteiger partial charge on any atom is -0.496 e. The third-order valence-corrected chi connectivity index (χ3v) is 5.74. The number of carbonyl (C=O) groups is 1. The Kier molecular flexibility index (Phi) is 6.42. The standard InChI is InChI=1S/C17H19IN2O4S/c1-11(2)20-25(22,23)14-7-5-13(6-8-14)19-17(21)12-4-9-16(24-3)15(18)10-12/h4-11,20H,1-3H3,(H,19,21). The molecule has 0 radical (unpaired) electrons. The molecule has 0 aliphatic rings. The molecule has 0 heterocycles. The molecule has 2 rings (SSSR count). The summed E-state index contributed by atoms with van der Waals surface area (Å²) in [6.45, 7) is 3.50. The van der Waals surface area contributed by atoms with Gasteiger partial charge in [-0.15, -0.1) is 0 Å². The molecule has 0 saturated heterocycles. The van der Waals surface area contributed by atoms with Crippen molar-refractivity contribution in [2.75, 3.05) is 12.4 Å². The molecule has 0 aliphatic heterocycles. The van der Waals surface area contributed by atoms with E-state index in [1.165, 1.54) is 12.1 Å². The van der Waals surface area contributed by atoms with Gasteiger partial charge in [0.15, 0.2) is 0 Å². The number of sulfonamides is 1. The lowest BCUT2D eigenvalue weighted by molar-refractivity contribution is 0.102. The highest BCUT2D eigenvalue weighted by Crippen LogP contribution is 2.22. The van der Waals surface area contributed by atoms with Gasteiger partial charge >= 0.3 is 0 Å². The number of ether oxygens (including phenoxy) is 1. The lowest BCUT2D eigenvalue weighted by Crippen LogP contribution is -2.30. The number of benzene rings is 2.